The van der Waals surface area contributed by atoms with Gasteiger partial charge in [-0.1, -0.05) is 0 Å². The summed E-state index contributed by atoms with van der Waals surface area (Å²) in [5.41, 5.74) is 0. The molecule has 0 bridgehead atoms. The molecule has 0 saturated carbocycles. The van der Waals surface area contributed by atoms with Crippen molar-refractivity contribution < 1.29 is 0 Å². The van der Waals surface area contributed by atoms with E-state index in [1.165, 1.54) is 26.2 Å². The van der Waals surface area contributed by atoms with E-state index in [1.807, 2.05) is 0 Å². The fourth-order valence-electron chi connectivity index (χ4n) is 2.69. The zero-order chi connectivity index (χ0) is 8.72. The molecule has 2 unspecified atom stereocenters. The largest absolute Gasteiger partial charge is 0.306 e. The Hall–Kier alpha value is -0.0800. The lowest BCUT2D eigenvalue weighted by Crippen LogP contribution is -2.32. The van der Waals surface area contributed by atoms with E-state index in [0.29, 0.717) is 0 Å². The number of hydrogen-bond donors (Lipinski definition) is 0. The highest BCUT2D eigenvalue weighted by Crippen LogP contribution is 2.30. The van der Waals surface area contributed by atoms with Gasteiger partial charge in [-0.2, -0.15) is 0 Å². The van der Waals surface area contributed by atoms with E-state index < -0.39 is 0 Å². The number of likely N-dealkylation sites (tertiary alicyclic amines) is 2. The third kappa shape index (κ3) is 1.38. The minimum atomic E-state index is 0.751. The van der Waals surface area contributed by atoms with Crippen molar-refractivity contribution in [2.75, 3.05) is 33.2 Å². The molecule has 2 aliphatic heterocycles. The van der Waals surface area contributed by atoms with Crippen molar-refractivity contribution in [3.63, 3.8) is 0 Å². The van der Waals surface area contributed by atoms with E-state index in [4.69, 9.17) is 0 Å². The lowest BCUT2D eigenvalue weighted by atomic mass is 10.0. The Morgan fingerprint density at radius 3 is 1.92 bits per heavy atom. The summed E-state index contributed by atoms with van der Waals surface area (Å²) in [6.07, 6.45) is 0. The monoisotopic (exact) mass is 168 g/mol. The fourth-order valence-corrected chi connectivity index (χ4v) is 2.69. The molecule has 0 N–H and O–H groups in total. The molecule has 70 valence electrons. The van der Waals surface area contributed by atoms with Crippen molar-refractivity contribution >= 4 is 0 Å². The van der Waals surface area contributed by atoms with Crippen molar-refractivity contribution in [2.24, 2.45) is 11.8 Å². The molecule has 2 heteroatoms. The van der Waals surface area contributed by atoms with Gasteiger partial charge in [-0.15, -0.1) is 0 Å². The molecular weight excluding hydrogens is 148 g/mol. The molecule has 12 heavy (non-hydrogen) atoms. The van der Waals surface area contributed by atoms with Crippen LogP contribution in [-0.4, -0.2) is 49.1 Å². The van der Waals surface area contributed by atoms with Crippen LogP contribution >= 0.6 is 0 Å². The van der Waals surface area contributed by atoms with Gasteiger partial charge in [-0.3, -0.25) is 0 Å². The van der Waals surface area contributed by atoms with Crippen molar-refractivity contribution in [1.29, 1.82) is 0 Å². The summed E-state index contributed by atoms with van der Waals surface area (Å²) in [7, 11) is 2.25. The topological polar surface area (TPSA) is 6.48 Å². The smallest absolute Gasteiger partial charge is 0.00388 e. The van der Waals surface area contributed by atoms with Crippen LogP contribution in [0.25, 0.3) is 0 Å². The van der Waals surface area contributed by atoms with Gasteiger partial charge >= 0.3 is 0 Å². The Bertz CT molecular complexity index is 153. The predicted molar refractivity (Wildman–Crippen MR) is 51.2 cm³/mol. The molecule has 0 spiro atoms. The molecule has 0 aliphatic carbocycles. The van der Waals surface area contributed by atoms with Crippen LogP contribution in [0.3, 0.4) is 0 Å². The summed E-state index contributed by atoms with van der Waals surface area (Å²) in [5.74, 6) is 1.94. The van der Waals surface area contributed by atoms with Crippen molar-refractivity contribution in [2.45, 2.75) is 19.9 Å². The molecule has 2 nitrogen and oxygen atoms in total. The van der Waals surface area contributed by atoms with Crippen molar-refractivity contribution in [3.8, 4) is 0 Å². The lowest BCUT2D eigenvalue weighted by molar-refractivity contribution is 0.235. The summed E-state index contributed by atoms with van der Waals surface area (Å²) in [6.45, 7) is 9.96. The minimum Gasteiger partial charge on any atom is -0.306 e. The van der Waals surface area contributed by atoms with Gasteiger partial charge in [0.2, 0.25) is 0 Å². The van der Waals surface area contributed by atoms with Crippen LogP contribution in [-0.2, 0) is 0 Å². The van der Waals surface area contributed by atoms with Crippen LogP contribution in [0.5, 0.6) is 0 Å². The van der Waals surface area contributed by atoms with Gasteiger partial charge in [0, 0.05) is 32.2 Å². The quantitative estimate of drug-likeness (QED) is 0.573. The van der Waals surface area contributed by atoms with Crippen LogP contribution in [0.15, 0.2) is 0 Å². The molecule has 2 saturated heterocycles. The number of rotatable bonds is 1. The van der Waals surface area contributed by atoms with Gasteiger partial charge < -0.3 is 9.80 Å². The zero-order valence-electron chi connectivity index (χ0n) is 8.45. The summed E-state index contributed by atoms with van der Waals surface area (Å²) in [4.78, 5) is 5.11. The SMILES string of the molecule is CC(C)N1CC2CN(C)CC2C1. The molecule has 0 aromatic rings. The first-order valence-corrected chi connectivity index (χ1v) is 5.09. The van der Waals surface area contributed by atoms with Crippen molar-refractivity contribution in [1.82, 2.24) is 9.80 Å². The van der Waals surface area contributed by atoms with E-state index in [1.54, 1.807) is 0 Å². The Morgan fingerprint density at radius 1 is 1.00 bits per heavy atom. The Morgan fingerprint density at radius 2 is 1.50 bits per heavy atom. The van der Waals surface area contributed by atoms with Gasteiger partial charge in [0.05, 0.1) is 0 Å². The van der Waals surface area contributed by atoms with Gasteiger partial charge in [0.1, 0.15) is 0 Å². The van der Waals surface area contributed by atoms with E-state index in [-0.39, 0.29) is 0 Å². The standard InChI is InChI=1S/C10H20N2/c1-8(2)12-6-9-4-11(3)5-10(9)7-12/h8-10H,4-7H2,1-3H3. The van der Waals surface area contributed by atoms with Crippen LogP contribution in [0, 0.1) is 11.8 Å². The molecule has 0 aromatic heterocycles. The molecule has 2 aliphatic rings. The molecule has 2 rings (SSSR count). The van der Waals surface area contributed by atoms with Crippen LogP contribution < -0.4 is 0 Å². The van der Waals surface area contributed by atoms with Gasteiger partial charge in [0.15, 0.2) is 0 Å². The van der Waals surface area contributed by atoms with Crippen molar-refractivity contribution in [3.05, 3.63) is 0 Å². The molecule has 2 heterocycles. The highest BCUT2D eigenvalue weighted by molar-refractivity contribution is 4.92. The van der Waals surface area contributed by atoms with E-state index in [0.717, 1.165) is 17.9 Å². The average Bonchev–Trinajstić information content (AvgIpc) is 2.42. The summed E-state index contributed by atoms with van der Waals surface area (Å²) >= 11 is 0. The first-order valence-electron chi connectivity index (χ1n) is 5.09. The van der Waals surface area contributed by atoms with Crippen LogP contribution in [0.4, 0.5) is 0 Å². The average molecular weight is 168 g/mol. The van der Waals surface area contributed by atoms with E-state index in [2.05, 4.69) is 30.7 Å². The first-order chi connectivity index (χ1) is 5.66. The minimum absolute atomic E-state index is 0.751. The highest BCUT2D eigenvalue weighted by Gasteiger charge is 2.38. The normalized spacial score (nSPS) is 38.0. The molecule has 2 fully saturated rings. The second-order valence-corrected chi connectivity index (χ2v) is 4.79. The summed E-state index contributed by atoms with van der Waals surface area (Å²) in [5, 5.41) is 0. The Balaban J connectivity index is 1.93. The zero-order valence-corrected chi connectivity index (χ0v) is 8.45. The van der Waals surface area contributed by atoms with Gasteiger partial charge in [-0.25, -0.2) is 0 Å². The maximum atomic E-state index is 2.63. The highest BCUT2D eigenvalue weighted by atomic mass is 15.2. The summed E-state index contributed by atoms with van der Waals surface area (Å²) in [6, 6.07) is 0.751. The molecular formula is C10H20N2. The molecule has 0 amide bonds. The Kier molecular flexibility index (Phi) is 2.13. The predicted octanol–water partition coefficient (Wildman–Crippen LogP) is 0.888. The Labute approximate surface area is 75.5 Å². The van der Waals surface area contributed by atoms with Crippen LogP contribution in [0.2, 0.25) is 0 Å². The van der Waals surface area contributed by atoms with Gasteiger partial charge in [0.25, 0.3) is 0 Å². The second-order valence-electron chi connectivity index (χ2n) is 4.79. The first kappa shape index (κ1) is 8.52. The third-order valence-electron chi connectivity index (χ3n) is 3.43. The van der Waals surface area contributed by atoms with Crippen LogP contribution in [0.1, 0.15) is 13.8 Å². The lowest BCUT2D eigenvalue weighted by Gasteiger charge is -2.22. The molecule has 0 aromatic carbocycles. The van der Waals surface area contributed by atoms with E-state index >= 15 is 0 Å². The maximum absolute atomic E-state index is 2.63. The van der Waals surface area contributed by atoms with E-state index in [9.17, 15) is 0 Å². The van der Waals surface area contributed by atoms with Gasteiger partial charge in [-0.05, 0) is 32.7 Å². The molecule has 2 atom stereocenters. The molecule has 0 radical (unpaired) electrons. The third-order valence-corrected chi connectivity index (χ3v) is 3.43. The number of fused-ring (bicyclic) bond motifs is 1. The summed E-state index contributed by atoms with van der Waals surface area (Å²) < 4.78 is 0. The fraction of sp³-hybridized carbons (Fsp3) is 1.00. The number of nitrogens with zero attached hydrogens (tertiary/aromatic N) is 2. The number of hydrogen-bond acceptors (Lipinski definition) is 2. The maximum Gasteiger partial charge on any atom is 0.00388 e. The second kappa shape index (κ2) is 3.00.